The number of anilines is 1. The van der Waals surface area contributed by atoms with Crippen molar-refractivity contribution in [1.82, 2.24) is 0 Å². The topological polar surface area (TPSA) is 29.3 Å². The smallest absolute Gasteiger partial charge is 0.0405 e. The molecule has 1 aromatic carbocycles. The molecule has 0 radical (unpaired) electrons. The van der Waals surface area contributed by atoms with Crippen LogP contribution in [0.15, 0.2) is 24.3 Å². The van der Waals surface area contributed by atoms with Crippen LogP contribution in [0.1, 0.15) is 63.4 Å². The lowest BCUT2D eigenvalue weighted by Gasteiger charge is -2.36. The van der Waals surface area contributed by atoms with Gasteiger partial charge < -0.3 is 10.6 Å². The second kappa shape index (κ2) is 6.83. The van der Waals surface area contributed by atoms with Crippen LogP contribution < -0.4 is 10.6 Å². The molecule has 2 heteroatoms. The zero-order chi connectivity index (χ0) is 14.7. The van der Waals surface area contributed by atoms with E-state index in [2.05, 4.69) is 36.1 Å². The maximum Gasteiger partial charge on any atom is 0.0405 e. The molecule has 2 nitrogen and oxygen atoms in total. The van der Waals surface area contributed by atoms with Gasteiger partial charge in [0.15, 0.2) is 0 Å². The second-order valence-electron chi connectivity index (χ2n) is 6.95. The molecule has 1 heterocycles. The predicted octanol–water partition coefficient (Wildman–Crippen LogP) is 4.30. The van der Waals surface area contributed by atoms with Gasteiger partial charge in [0.2, 0.25) is 0 Å². The third-order valence-corrected chi connectivity index (χ3v) is 5.57. The molecule has 1 aliphatic heterocycles. The highest BCUT2D eigenvalue weighted by molar-refractivity contribution is 5.61. The Balaban J connectivity index is 1.69. The van der Waals surface area contributed by atoms with E-state index in [1.165, 1.54) is 50.8 Å². The Morgan fingerprint density at radius 1 is 1.10 bits per heavy atom. The van der Waals surface area contributed by atoms with Crippen molar-refractivity contribution >= 4 is 5.69 Å². The van der Waals surface area contributed by atoms with Gasteiger partial charge in [-0.15, -0.1) is 0 Å². The molecular formula is C19H30N2. The number of nitrogens with zero attached hydrogens (tertiary/aromatic N) is 1. The maximum absolute atomic E-state index is 5.82. The standard InChI is InChI=1S/C19H30N2/c1-2-5-15-8-10-17(11-9-15)21-14-16(12-13-20)18-6-3-4-7-19(18)21/h3-4,6-7,15-17H,2,5,8-14,20H2,1H3. The van der Waals surface area contributed by atoms with Crippen molar-refractivity contribution < 1.29 is 0 Å². The molecule has 1 aromatic rings. The summed E-state index contributed by atoms with van der Waals surface area (Å²) in [5.41, 5.74) is 8.86. The van der Waals surface area contributed by atoms with Gasteiger partial charge in [-0.1, -0.05) is 38.0 Å². The monoisotopic (exact) mass is 286 g/mol. The van der Waals surface area contributed by atoms with Gasteiger partial charge in [0.05, 0.1) is 0 Å². The number of benzene rings is 1. The van der Waals surface area contributed by atoms with Crippen LogP contribution in [0.25, 0.3) is 0 Å². The lowest BCUT2D eigenvalue weighted by Crippen LogP contribution is -2.37. The first kappa shape index (κ1) is 14.9. The van der Waals surface area contributed by atoms with Gasteiger partial charge in [-0.25, -0.2) is 0 Å². The van der Waals surface area contributed by atoms with Crippen molar-refractivity contribution in [3.05, 3.63) is 29.8 Å². The van der Waals surface area contributed by atoms with Gasteiger partial charge >= 0.3 is 0 Å². The number of fused-ring (bicyclic) bond motifs is 1. The summed E-state index contributed by atoms with van der Waals surface area (Å²) in [6, 6.07) is 9.79. The first-order valence-corrected chi connectivity index (χ1v) is 8.89. The van der Waals surface area contributed by atoms with Crippen LogP contribution in [0, 0.1) is 5.92 Å². The molecule has 1 aliphatic carbocycles. The summed E-state index contributed by atoms with van der Waals surface area (Å²) in [5, 5.41) is 0. The van der Waals surface area contributed by atoms with Crippen molar-refractivity contribution in [2.24, 2.45) is 11.7 Å². The Morgan fingerprint density at radius 2 is 1.86 bits per heavy atom. The van der Waals surface area contributed by atoms with Crippen molar-refractivity contribution in [3.63, 3.8) is 0 Å². The molecule has 0 amide bonds. The molecule has 0 saturated heterocycles. The normalized spacial score (nSPS) is 28.7. The summed E-state index contributed by atoms with van der Waals surface area (Å²) in [5.74, 6) is 1.64. The number of para-hydroxylation sites is 1. The molecule has 21 heavy (non-hydrogen) atoms. The third kappa shape index (κ3) is 3.11. The van der Waals surface area contributed by atoms with Gasteiger partial charge in [0.1, 0.15) is 0 Å². The lowest BCUT2D eigenvalue weighted by atomic mass is 9.83. The molecule has 116 valence electrons. The van der Waals surface area contributed by atoms with Crippen molar-refractivity contribution in [1.29, 1.82) is 0 Å². The van der Waals surface area contributed by atoms with Crippen molar-refractivity contribution in [2.45, 2.75) is 63.8 Å². The summed E-state index contributed by atoms with van der Waals surface area (Å²) in [6.45, 7) is 4.32. The van der Waals surface area contributed by atoms with E-state index in [4.69, 9.17) is 5.73 Å². The van der Waals surface area contributed by atoms with Crippen LogP contribution in [-0.2, 0) is 0 Å². The Kier molecular flexibility index (Phi) is 4.84. The molecular weight excluding hydrogens is 256 g/mol. The minimum Gasteiger partial charge on any atom is -0.368 e. The quantitative estimate of drug-likeness (QED) is 0.874. The van der Waals surface area contributed by atoms with E-state index in [1.54, 1.807) is 5.56 Å². The summed E-state index contributed by atoms with van der Waals surface area (Å²) < 4.78 is 0. The van der Waals surface area contributed by atoms with Gasteiger partial charge in [-0.2, -0.15) is 0 Å². The fourth-order valence-electron chi connectivity index (χ4n) is 4.48. The summed E-state index contributed by atoms with van der Waals surface area (Å²) in [4.78, 5) is 2.71. The number of hydrogen-bond donors (Lipinski definition) is 1. The Hall–Kier alpha value is -1.02. The van der Waals surface area contributed by atoms with Crippen LogP contribution in [-0.4, -0.2) is 19.1 Å². The van der Waals surface area contributed by atoms with Crippen molar-refractivity contribution in [2.75, 3.05) is 18.0 Å². The van der Waals surface area contributed by atoms with Crippen molar-refractivity contribution in [3.8, 4) is 0 Å². The van der Waals surface area contributed by atoms with E-state index in [1.807, 2.05) is 0 Å². The van der Waals surface area contributed by atoms with Crippen LogP contribution in [0.3, 0.4) is 0 Å². The molecule has 1 fully saturated rings. The van der Waals surface area contributed by atoms with Gasteiger partial charge in [0, 0.05) is 24.2 Å². The second-order valence-corrected chi connectivity index (χ2v) is 6.95. The predicted molar refractivity (Wildman–Crippen MR) is 90.9 cm³/mol. The van der Waals surface area contributed by atoms with Gasteiger partial charge in [-0.05, 0) is 56.2 Å². The Labute approximate surface area is 129 Å². The minimum atomic E-state index is 0.652. The zero-order valence-electron chi connectivity index (χ0n) is 13.4. The van der Waals surface area contributed by atoms with Crippen LogP contribution >= 0.6 is 0 Å². The molecule has 2 N–H and O–H groups in total. The lowest BCUT2D eigenvalue weighted by molar-refractivity contribution is 0.299. The first-order valence-electron chi connectivity index (χ1n) is 8.89. The highest BCUT2D eigenvalue weighted by atomic mass is 15.2. The molecule has 1 atom stereocenters. The molecule has 3 rings (SSSR count). The molecule has 1 unspecified atom stereocenters. The van der Waals surface area contributed by atoms with E-state index in [0.29, 0.717) is 5.92 Å². The largest absolute Gasteiger partial charge is 0.368 e. The Morgan fingerprint density at radius 3 is 2.57 bits per heavy atom. The van der Waals surface area contributed by atoms with Crippen LogP contribution in [0.4, 0.5) is 5.69 Å². The molecule has 1 saturated carbocycles. The van der Waals surface area contributed by atoms with E-state index < -0.39 is 0 Å². The maximum atomic E-state index is 5.82. The zero-order valence-corrected chi connectivity index (χ0v) is 13.4. The number of nitrogens with two attached hydrogens (primary N) is 1. The minimum absolute atomic E-state index is 0.652. The summed E-state index contributed by atoms with van der Waals surface area (Å²) >= 11 is 0. The Bertz CT molecular complexity index is 449. The van der Waals surface area contributed by atoms with Gasteiger partial charge in [-0.3, -0.25) is 0 Å². The fraction of sp³-hybridized carbons (Fsp3) is 0.684. The summed E-state index contributed by atoms with van der Waals surface area (Å²) in [6.07, 6.45) is 9.53. The van der Waals surface area contributed by atoms with Crippen LogP contribution in [0.2, 0.25) is 0 Å². The highest BCUT2D eigenvalue weighted by Crippen LogP contribution is 2.42. The number of hydrogen-bond acceptors (Lipinski definition) is 2. The average Bonchev–Trinajstić information content (AvgIpc) is 2.88. The summed E-state index contributed by atoms with van der Waals surface area (Å²) in [7, 11) is 0. The average molecular weight is 286 g/mol. The van der Waals surface area contributed by atoms with Crippen LogP contribution in [0.5, 0.6) is 0 Å². The third-order valence-electron chi connectivity index (χ3n) is 5.57. The van der Waals surface area contributed by atoms with E-state index in [-0.39, 0.29) is 0 Å². The van der Waals surface area contributed by atoms with E-state index >= 15 is 0 Å². The van der Waals surface area contributed by atoms with E-state index in [9.17, 15) is 0 Å². The first-order chi connectivity index (χ1) is 10.3. The highest BCUT2D eigenvalue weighted by Gasteiger charge is 2.33. The molecule has 0 spiro atoms. The van der Waals surface area contributed by atoms with Gasteiger partial charge in [0.25, 0.3) is 0 Å². The molecule has 0 bridgehead atoms. The molecule has 0 aromatic heterocycles. The SMILES string of the molecule is CCCC1CCC(N2CC(CCN)c3ccccc32)CC1. The van der Waals surface area contributed by atoms with E-state index in [0.717, 1.165) is 24.9 Å². The number of rotatable bonds is 5. The molecule has 2 aliphatic rings. The fourth-order valence-corrected chi connectivity index (χ4v) is 4.48.